The molecule has 372 valence electrons. The average molecular weight is 930 g/mol. The Morgan fingerprint density at radius 1 is 0.864 bits per heavy atom. The Kier molecular flexibility index (Phi) is 21.6. The van der Waals surface area contributed by atoms with Gasteiger partial charge >= 0.3 is 5.97 Å². The van der Waals surface area contributed by atoms with Gasteiger partial charge in [-0.15, -0.1) is 0 Å². The van der Waals surface area contributed by atoms with Crippen LogP contribution >= 0.6 is 0 Å². The molecule has 3 heterocycles. The molecule has 15 atom stereocenters. The molecule has 0 aromatic rings. The van der Waals surface area contributed by atoms with Crippen LogP contribution in [0.5, 0.6) is 0 Å². The van der Waals surface area contributed by atoms with E-state index in [1.807, 2.05) is 51.2 Å². The number of aliphatic hydroxyl groups is 4. The summed E-state index contributed by atoms with van der Waals surface area (Å²) < 4.78 is 29.2. The number of aliphatic hydroxyl groups excluding tert-OH is 3. The molecule has 1 aliphatic carbocycles. The highest BCUT2D eigenvalue weighted by atomic mass is 16.6. The normalized spacial score (nSPS) is 40.0. The number of esters is 1. The number of ketones is 3. The lowest BCUT2D eigenvalue weighted by Gasteiger charge is -2.43. The number of piperidine rings is 1. The van der Waals surface area contributed by atoms with Crippen molar-refractivity contribution in [3.63, 3.8) is 0 Å². The summed E-state index contributed by atoms with van der Waals surface area (Å²) in [6, 6.07) is -1.20. The van der Waals surface area contributed by atoms with E-state index < -0.39 is 90.5 Å². The van der Waals surface area contributed by atoms with E-state index in [2.05, 4.69) is 0 Å². The first-order valence-electron chi connectivity index (χ1n) is 24.1. The Hall–Kier alpha value is -3.41. The number of carbonyl (C=O) groups excluding carboxylic acids is 5. The zero-order valence-electron chi connectivity index (χ0n) is 40.8. The Labute approximate surface area is 392 Å². The van der Waals surface area contributed by atoms with Crippen molar-refractivity contribution in [1.29, 1.82) is 0 Å². The van der Waals surface area contributed by atoms with E-state index >= 15 is 0 Å². The Bertz CT molecular complexity index is 1770. The summed E-state index contributed by atoms with van der Waals surface area (Å²) in [7, 11) is 4.47. The van der Waals surface area contributed by atoms with Crippen LogP contribution in [0.15, 0.2) is 47.6 Å². The summed E-state index contributed by atoms with van der Waals surface area (Å²) in [5.74, 6) is -9.02. The van der Waals surface area contributed by atoms with Gasteiger partial charge in [0.1, 0.15) is 30.1 Å². The van der Waals surface area contributed by atoms with Gasteiger partial charge < -0.3 is 49.0 Å². The standard InChI is InChI=1S/C51H79NO14/c1-30-15-11-10-12-16-31(2)42(62-7)27-38-20-19-37(29-53)51(61,66-38)48(58)49(59)52-22-14-13-17-39(52)50(60)65-43(33(4)25-36-18-21-40(54)44(26-36)63-8)28-41(55)32(3)24-35(6)46(57)47(64-9)45(56)34(5)23-30/h10-12,15-16,24,30,32-34,36-40,42-44,46-47,53-54,57,61H,13-14,17-23,25-29H2,1-9H3/b12-10+,15-11+,31-16+,35-24+/t30-,32-,33-,34-,36+,37?,38+,39+,40-,42+,43+,44-,46-,47+,51-/m1/s1. The molecule has 0 radical (unpaired) electrons. The van der Waals surface area contributed by atoms with Crippen LogP contribution in [0.25, 0.3) is 0 Å². The van der Waals surface area contributed by atoms with Crippen LogP contribution in [0.4, 0.5) is 0 Å². The van der Waals surface area contributed by atoms with E-state index in [4.69, 9.17) is 23.7 Å². The van der Waals surface area contributed by atoms with E-state index in [1.54, 1.807) is 41.1 Å². The summed E-state index contributed by atoms with van der Waals surface area (Å²) in [6.45, 7) is 10.3. The second kappa shape index (κ2) is 25.8. The van der Waals surface area contributed by atoms with Crippen LogP contribution in [0.2, 0.25) is 0 Å². The van der Waals surface area contributed by atoms with Crippen molar-refractivity contribution in [3.8, 4) is 0 Å². The van der Waals surface area contributed by atoms with Gasteiger partial charge in [0.05, 0.1) is 31.0 Å². The van der Waals surface area contributed by atoms with E-state index in [1.165, 1.54) is 7.11 Å². The molecule has 3 aliphatic heterocycles. The van der Waals surface area contributed by atoms with Gasteiger partial charge in [-0.05, 0) is 107 Å². The molecule has 0 spiro atoms. The Morgan fingerprint density at radius 2 is 1.59 bits per heavy atom. The molecular formula is C51H79NO14. The summed E-state index contributed by atoms with van der Waals surface area (Å²) in [5.41, 5.74) is 1.21. The van der Waals surface area contributed by atoms with Crippen molar-refractivity contribution >= 4 is 29.2 Å². The number of rotatable bonds is 7. The highest BCUT2D eigenvalue weighted by molar-refractivity contribution is 6.39. The largest absolute Gasteiger partial charge is 0.460 e. The molecule has 15 nitrogen and oxygen atoms in total. The van der Waals surface area contributed by atoms with Crippen molar-refractivity contribution < 1.29 is 68.1 Å². The lowest BCUT2D eigenvalue weighted by Crippen LogP contribution is -2.62. The van der Waals surface area contributed by atoms with Gasteiger partial charge in [-0.25, -0.2) is 4.79 Å². The van der Waals surface area contributed by atoms with Crippen LogP contribution in [0.3, 0.4) is 0 Å². The molecule has 2 saturated heterocycles. The number of allylic oxidation sites excluding steroid dienone is 6. The number of carbonyl (C=O) groups is 5. The average Bonchev–Trinajstić information content (AvgIpc) is 3.29. The second-order valence-corrected chi connectivity index (χ2v) is 19.6. The molecule has 66 heavy (non-hydrogen) atoms. The second-order valence-electron chi connectivity index (χ2n) is 19.6. The number of nitrogens with zero attached hydrogens (tertiary/aromatic N) is 1. The zero-order chi connectivity index (χ0) is 48.9. The summed E-state index contributed by atoms with van der Waals surface area (Å²) in [4.78, 5) is 71.8. The number of methoxy groups -OCH3 is 3. The lowest BCUT2D eigenvalue weighted by atomic mass is 9.78. The van der Waals surface area contributed by atoms with Crippen molar-refractivity contribution in [2.45, 2.75) is 173 Å². The SMILES string of the molecule is CO[C@H]1C[C@@H]2CCC(CO)[C@@](O)(O2)C(=O)C(=O)N2CCCC[C@H]2C(=O)O[C@H]([C@H](C)C[C@@H]2CC[C@@H](O)[C@H](OC)C2)CC(=O)[C@H](C)/C=C(\C)[C@@H](O)[C@@H](OC)C(=O)[C@H](C)C[C@H](C)/C=C/C=C/C=C/1C. The summed E-state index contributed by atoms with van der Waals surface area (Å²) in [5, 5.41) is 44.2. The molecule has 1 amide bonds. The molecule has 0 aromatic carbocycles. The molecule has 4 N–H and O–H groups in total. The monoisotopic (exact) mass is 930 g/mol. The molecule has 15 heteroatoms. The first-order chi connectivity index (χ1) is 31.3. The lowest BCUT2D eigenvalue weighted by molar-refractivity contribution is -0.272. The van der Waals surface area contributed by atoms with Crippen LogP contribution in [0, 0.1) is 35.5 Å². The summed E-state index contributed by atoms with van der Waals surface area (Å²) >= 11 is 0. The van der Waals surface area contributed by atoms with Crippen molar-refractivity contribution in [2.75, 3.05) is 34.5 Å². The topological polar surface area (TPSA) is 216 Å². The van der Waals surface area contributed by atoms with E-state index in [0.717, 1.165) is 10.5 Å². The highest BCUT2D eigenvalue weighted by Gasteiger charge is 2.54. The molecular weight excluding hydrogens is 851 g/mol. The van der Waals surface area contributed by atoms with Gasteiger partial charge in [-0.2, -0.15) is 0 Å². The van der Waals surface area contributed by atoms with Gasteiger partial charge in [0, 0.05) is 58.5 Å². The fourth-order valence-electron chi connectivity index (χ4n) is 10.2. The maximum Gasteiger partial charge on any atom is 0.329 e. The van der Waals surface area contributed by atoms with Crippen molar-refractivity contribution in [3.05, 3.63) is 47.6 Å². The zero-order valence-corrected chi connectivity index (χ0v) is 40.8. The van der Waals surface area contributed by atoms with Gasteiger partial charge in [-0.1, -0.05) is 64.2 Å². The number of amides is 1. The Balaban J connectivity index is 1.72. The third-order valence-corrected chi connectivity index (χ3v) is 14.5. The predicted molar refractivity (Wildman–Crippen MR) is 247 cm³/mol. The first-order valence-corrected chi connectivity index (χ1v) is 24.1. The van der Waals surface area contributed by atoms with Gasteiger partial charge in [0.15, 0.2) is 5.78 Å². The molecule has 4 rings (SSSR count). The van der Waals surface area contributed by atoms with Gasteiger partial charge in [-0.3, -0.25) is 19.2 Å². The maximum absolute atomic E-state index is 14.4. The summed E-state index contributed by atoms with van der Waals surface area (Å²) in [6.07, 6.45) is 10.1. The van der Waals surface area contributed by atoms with Crippen LogP contribution in [-0.4, -0.2) is 144 Å². The maximum atomic E-state index is 14.4. The fourth-order valence-corrected chi connectivity index (χ4v) is 10.2. The van der Waals surface area contributed by atoms with Crippen LogP contribution < -0.4 is 0 Å². The van der Waals surface area contributed by atoms with E-state index in [0.29, 0.717) is 56.9 Å². The van der Waals surface area contributed by atoms with E-state index in [-0.39, 0.29) is 67.7 Å². The van der Waals surface area contributed by atoms with Crippen LogP contribution in [-0.2, 0) is 47.7 Å². The number of hydrogen-bond acceptors (Lipinski definition) is 14. The molecule has 3 fully saturated rings. The number of Topliss-reactive ketones (excluding diaryl/α,β-unsaturated/α-hetero) is 3. The first kappa shape index (κ1) is 55.2. The third-order valence-electron chi connectivity index (χ3n) is 14.5. The number of ether oxygens (including phenoxy) is 5. The van der Waals surface area contributed by atoms with Crippen molar-refractivity contribution in [2.24, 2.45) is 35.5 Å². The number of cyclic esters (lactones) is 1. The number of hydrogen-bond donors (Lipinski definition) is 4. The quantitative estimate of drug-likeness (QED) is 0.148. The highest BCUT2D eigenvalue weighted by Crippen LogP contribution is 2.38. The molecule has 0 aromatic heterocycles. The minimum absolute atomic E-state index is 0.00112. The minimum Gasteiger partial charge on any atom is -0.460 e. The molecule has 1 unspecified atom stereocenters. The molecule has 2 bridgehead atoms. The minimum atomic E-state index is -2.67. The predicted octanol–water partition coefficient (Wildman–Crippen LogP) is 5.15. The number of fused-ring (bicyclic) bond motifs is 3. The van der Waals surface area contributed by atoms with Crippen molar-refractivity contribution in [1.82, 2.24) is 4.90 Å². The third kappa shape index (κ3) is 14.3. The van der Waals surface area contributed by atoms with Gasteiger partial charge in [0.25, 0.3) is 11.7 Å². The fraction of sp³-hybridized carbons (Fsp3) is 0.745. The molecule has 1 saturated carbocycles. The smallest absolute Gasteiger partial charge is 0.329 e. The van der Waals surface area contributed by atoms with Gasteiger partial charge in [0.2, 0.25) is 5.79 Å². The van der Waals surface area contributed by atoms with Crippen LogP contribution in [0.1, 0.15) is 119 Å². The van der Waals surface area contributed by atoms with E-state index in [9.17, 15) is 44.4 Å². The Morgan fingerprint density at radius 3 is 2.26 bits per heavy atom. The molecule has 4 aliphatic rings.